The summed E-state index contributed by atoms with van der Waals surface area (Å²) in [5, 5.41) is 8.77. The number of ether oxygens (including phenoxy) is 1. The molecule has 0 amide bonds. The number of halogens is 2. The van der Waals surface area contributed by atoms with Crippen LogP contribution in [0.4, 0.5) is 8.78 Å². The van der Waals surface area contributed by atoms with Crippen molar-refractivity contribution in [2.45, 2.75) is 20.0 Å². The topological polar surface area (TPSA) is 63.6 Å². The largest absolute Gasteiger partial charge is 0.487 e. The summed E-state index contributed by atoms with van der Waals surface area (Å²) in [4.78, 5) is 0. The van der Waals surface area contributed by atoms with Gasteiger partial charge in [0.1, 0.15) is 6.61 Å². The standard InChI is InChI=1S/C12H16F2O4S/c1-2-4-19(16,17)5-3-18-12-10(13)6-9(8-15)7-11(12)14/h6-7,15H,2-5,8H2,1H3. The predicted octanol–water partition coefficient (Wildman–Crippen LogP) is 1.66. The van der Waals surface area contributed by atoms with Gasteiger partial charge in [0.25, 0.3) is 0 Å². The third-order valence-corrected chi connectivity index (χ3v) is 4.22. The fourth-order valence-corrected chi connectivity index (χ4v) is 2.69. The van der Waals surface area contributed by atoms with E-state index in [4.69, 9.17) is 9.84 Å². The molecule has 0 aliphatic carbocycles. The molecule has 0 aliphatic rings. The summed E-state index contributed by atoms with van der Waals surface area (Å²) in [6.45, 7) is 0.930. The molecule has 1 rings (SSSR count). The van der Waals surface area contributed by atoms with Gasteiger partial charge in [0.2, 0.25) is 0 Å². The van der Waals surface area contributed by atoms with Crippen LogP contribution in [-0.4, -0.2) is 31.6 Å². The smallest absolute Gasteiger partial charge is 0.190 e. The summed E-state index contributed by atoms with van der Waals surface area (Å²) in [5.74, 6) is -2.82. The van der Waals surface area contributed by atoms with Crippen molar-refractivity contribution in [3.8, 4) is 5.75 Å². The lowest BCUT2D eigenvalue weighted by molar-refractivity contribution is 0.276. The predicted molar refractivity (Wildman–Crippen MR) is 66.7 cm³/mol. The highest BCUT2D eigenvalue weighted by Gasteiger charge is 2.15. The van der Waals surface area contributed by atoms with Crippen molar-refractivity contribution in [2.24, 2.45) is 0 Å². The van der Waals surface area contributed by atoms with E-state index in [1.54, 1.807) is 6.92 Å². The Kier molecular flexibility index (Phi) is 5.68. The van der Waals surface area contributed by atoms with Crippen molar-refractivity contribution in [1.29, 1.82) is 0 Å². The van der Waals surface area contributed by atoms with E-state index in [0.717, 1.165) is 12.1 Å². The van der Waals surface area contributed by atoms with Gasteiger partial charge in [-0.15, -0.1) is 0 Å². The van der Waals surface area contributed by atoms with Crippen molar-refractivity contribution in [3.63, 3.8) is 0 Å². The highest BCUT2D eigenvalue weighted by Crippen LogP contribution is 2.23. The van der Waals surface area contributed by atoms with E-state index >= 15 is 0 Å². The van der Waals surface area contributed by atoms with Crippen LogP contribution < -0.4 is 4.74 Å². The molecule has 0 radical (unpaired) electrons. The molecular formula is C12H16F2O4S. The third-order valence-electron chi connectivity index (χ3n) is 2.40. The summed E-state index contributed by atoms with van der Waals surface area (Å²) in [6, 6.07) is 1.89. The maximum Gasteiger partial charge on any atom is 0.190 e. The molecule has 1 aromatic rings. The minimum absolute atomic E-state index is 0.0186. The van der Waals surface area contributed by atoms with E-state index in [1.807, 2.05) is 0 Å². The molecule has 0 bridgehead atoms. The number of sulfone groups is 1. The van der Waals surface area contributed by atoms with Crippen LogP contribution in [0, 0.1) is 11.6 Å². The molecule has 0 atom stereocenters. The molecule has 0 saturated carbocycles. The first kappa shape index (κ1) is 15.8. The van der Waals surface area contributed by atoms with Crippen molar-refractivity contribution in [1.82, 2.24) is 0 Å². The van der Waals surface area contributed by atoms with E-state index in [0.29, 0.717) is 6.42 Å². The van der Waals surface area contributed by atoms with Crippen LogP contribution in [0.1, 0.15) is 18.9 Å². The fourth-order valence-electron chi connectivity index (χ4n) is 1.53. The molecular weight excluding hydrogens is 278 g/mol. The van der Waals surface area contributed by atoms with Gasteiger partial charge < -0.3 is 9.84 Å². The number of benzene rings is 1. The minimum Gasteiger partial charge on any atom is -0.487 e. The van der Waals surface area contributed by atoms with Crippen molar-refractivity contribution >= 4 is 9.84 Å². The zero-order valence-electron chi connectivity index (χ0n) is 10.5. The van der Waals surface area contributed by atoms with E-state index in [2.05, 4.69) is 0 Å². The monoisotopic (exact) mass is 294 g/mol. The Hall–Kier alpha value is -1.21. The number of aliphatic hydroxyl groups is 1. The maximum absolute atomic E-state index is 13.4. The second-order valence-electron chi connectivity index (χ2n) is 4.05. The molecule has 0 aliphatic heterocycles. The van der Waals surface area contributed by atoms with Gasteiger partial charge in [0, 0.05) is 0 Å². The van der Waals surface area contributed by atoms with Gasteiger partial charge in [0.15, 0.2) is 27.2 Å². The Morgan fingerprint density at radius 3 is 2.26 bits per heavy atom. The Balaban J connectivity index is 2.69. The average molecular weight is 294 g/mol. The van der Waals surface area contributed by atoms with Gasteiger partial charge in [-0.3, -0.25) is 0 Å². The molecule has 0 aromatic heterocycles. The van der Waals surface area contributed by atoms with Gasteiger partial charge in [-0.05, 0) is 24.1 Å². The molecule has 1 aromatic carbocycles. The van der Waals surface area contributed by atoms with Gasteiger partial charge in [-0.2, -0.15) is 0 Å². The van der Waals surface area contributed by atoms with Crippen molar-refractivity contribution in [2.75, 3.05) is 18.1 Å². The van der Waals surface area contributed by atoms with Crippen LogP contribution in [-0.2, 0) is 16.4 Å². The number of rotatable bonds is 7. The molecule has 0 saturated heterocycles. The molecule has 19 heavy (non-hydrogen) atoms. The summed E-state index contributed by atoms with van der Waals surface area (Å²) in [6.07, 6.45) is 0.482. The molecule has 0 fully saturated rings. The molecule has 7 heteroatoms. The molecule has 0 unspecified atom stereocenters. The van der Waals surface area contributed by atoms with E-state index in [-0.39, 0.29) is 23.7 Å². The van der Waals surface area contributed by atoms with Crippen molar-refractivity contribution < 1.29 is 27.0 Å². The minimum atomic E-state index is -3.25. The van der Waals surface area contributed by atoms with Gasteiger partial charge in [-0.25, -0.2) is 17.2 Å². The van der Waals surface area contributed by atoms with E-state index in [1.165, 1.54) is 0 Å². The number of aliphatic hydroxyl groups excluding tert-OH is 1. The lowest BCUT2D eigenvalue weighted by atomic mass is 10.2. The Morgan fingerprint density at radius 2 is 1.79 bits per heavy atom. The Bertz CT molecular complexity index is 506. The maximum atomic E-state index is 13.4. The Labute approximate surface area is 110 Å². The number of hydrogen-bond donors (Lipinski definition) is 1. The van der Waals surface area contributed by atoms with Crippen molar-refractivity contribution in [3.05, 3.63) is 29.3 Å². The molecule has 1 N–H and O–H groups in total. The second-order valence-corrected chi connectivity index (χ2v) is 6.35. The normalized spacial score (nSPS) is 11.6. The van der Waals surface area contributed by atoms with Crippen LogP contribution in [0.25, 0.3) is 0 Å². The highest BCUT2D eigenvalue weighted by atomic mass is 32.2. The second kappa shape index (κ2) is 6.81. The van der Waals surface area contributed by atoms with Crippen LogP contribution in [0.5, 0.6) is 5.75 Å². The van der Waals surface area contributed by atoms with E-state index in [9.17, 15) is 17.2 Å². The fraction of sp³-hybridized carbons (Fsp3) is 0.500. The SMILES string of the molecule is CCCS(=O)(=O)CCOc1c(F)cc(CO)cc1F. The summed E-state index contributed by atoms with van der Waals surface area (Å²) in [5.41, 5.74) is 0.0842. The van der Waals surface area contributed by atoms with Gasteiger partial charge in [0.05, 0.1) is 18.1 Å². The molecule has 0 heterocycles. The van der Waals surface area contributed by atoms with Crippen LogP contribution in [0.15, 0.2) is 12.1 Å². The number of hydrogen-bond acceptors (Lipinski definition) is 4. The quantitative estimate of drug-likeness (QED) is 0.830. The summed E-state index contributed by atoms with van der Waals surface area (Å²) >= 11 is 0. The van der Waals surface area contributed by atoms with Gasteiger partial charge in [-0.1, -0.05) is 6.92 Å². The first-order valence-electron chi connectivity index (χ1n) is 5.81. The van der Waals surface area contributed by atoms with Crippen LogP contribution >= 0.6 is 0 Å². The zero-order valence-corrected chi connectivity index (χ0v) is 11.3. The Morgan fingerprint density at radius 1 is 1.21 bits per heavy atom. The summed E-state index contributed by atoms with van der Waals surface area (Å²) in [7, 11) is -3.25. The molecule has 108 valence electrons. The first-order chi connectivity index (χ1) is 8.89. The lowest BCUT2D eigenvalue weighted by Gasteiger charge is -2.09. The average Bonchev–Trinajstić information content (AvgIpc) is 2.32. The molecule has 0 spiro atoms. The lowest BCUT2D eigenvalue weighted by Crippen LogP contribution is -2.17. The third kappa shape index (κ3) is 4.76. The van der Waals surface area contributed by atoms with E-state index < -0.39 is 33.8 Å². The van der Waals surface area contributed by atoms with Gasteiger partial charge >= 0.3 is 0 Å². The van der Waals surface area contributed by atoms with Crippen LogP contribution in [0.2, 0.25) is 0 Å². The highest BCUT2D eigenvalue weighted by molar-refractivity contribution is 7.91. The summed E-state index contributed by atoms with van der Waals surface area (Å²) < 4.78 is 54.5. The first-order valence-corrected chi connectivity index (χ1v) is 7.63. The molecule has 4 nitrogen and oxygen atoms in total. The van der Waals surface area contributed by atoms with Crippen LogP contribution in [0.3, 0.4) is 0 Å². The zero-order chi connectivity index (χ0) is 14.5.